The van der Waals surface area contributed by atoms with Gasteiger partial charge in [0.2, 0.25) is 0 Å². The van der Waals surface area contributed by atoms with E-state index in [2.05, 4.69) is 4.99 Å². The van der Waals surface area contributed by atoms with Gasteiger partial charge in [-0.05, 0) is 48.2 Å². The normalized spacial score (nSPS) is 16.8. The third-order valence-corrected chi connectivity index (χ3v) is 5.85. The molecule has 4 rings (SSSR count). The number of aliphatic imine (C=N–C) groups is 1. The Morgan fingerprint density at radius 2 is 1.94 bits per heavy atom. The van der Waals surface area contributed by atoms with Gasteiger partial charge in [0.05, 0.1) is 23.8 Å². The average Bonchev–Trinajstić information content (AvgIpc) is 3.13. The van der Waals surface area contributed by atoms with Crippen molar-refractivity contribution in [1.29, 1.82) is 5.41 Å². The molecule has 0 radical (unpaired) electrons. The highest BCUT2D eigenvalue weighted by Crippen LogP contribution is 2.32. The van der Waals surface area contributed by atoms with Crippen LogP contribution in [0.25, 0.3) is 6.08 Å². The zero-order chi connectivity index (χ0) is 21.8. The average molecular weight is 454 g/mol. The van der Waals surface area contributed by atoms with E-state index < -0.39 is 5.91 Å². The van der Waals surface area contributed by atoms with Gasteiger partial charge in [0, 0.05) is 12.1 Å². The molecular weight excluding hydrogens is 434 g/mol. The molecule has 0 unspecified atom stereocenters. The zero-order valence-electron chi connectivity index (χ0n) is 16.8. The van der Waals surface area contributed by atoms with E-state index in [0.717, 1.165) is 11.4 Å². The number of ether oxygens (including phenoxy) is 2. The first-order chi connectivity index (χ1) is 15.0. The number of benzene rings is 2. The third-order valence-electron chi connectivity index (χ3n) is 4.61. The van der Waals surface area contributed by atoms with E-state index in [1.54, 1.807) is 29.2 Å². The molecule has 1 amide bonds. The number of halogens is 1. The molecule has 2 aromatic rings. The first-order valence-corrected chi connectivity index (χ1v) is 11.0. The number of carbonyl (C=O) groups excluding carboxylic acids is 1. The fourth-order valence-electron chi connectivity index (χ4n) is 3.08. The Labute approximate surface area is 189 Å². The molecule has 2 aliphatic rings. The Morgan fingerprint density at radius 3 is 2.71 bits per heavy atom. The van der Waals surface area contributed by atoms with Crippen molar-refractivity contribution < 1.29 is 14.3 Å². The molecule has 31 heavy (non-hydrogen) atoms. The summed E-state index contributed by atoms with van der Waals surface area (Å²) in [6, 6.07) is 14.9. The van der Waals surface area contributed by atoms with Crippen LogP contribution in [0.3, 0.4) is 0 Å². The van der Waals surface area contributed by atoms with E-state index in [1.807, 2.05) is 42.7 Å². The van der Waals surface area contributed by atoms with E-state index in [1.165, 1.54) is 11.8 Å². The fraction of sp³-hybridized carbons (Fsp3) is 0.174. The minimum atomic E-state index is -0.429. The maximum atomic E-state index is 12.4. The number of nitrogens with one attached hydrogen (secondary N) is 1. The summed E-state index contributed by atoms with van der Waals surface area (Å²) >= 11 is 7.71. The van der Waals surface area contributed by atoms with Crippen molar-refractivity contribution in [2.75, 3.05) is 13.2 Å². The standard InChI is InChI=1S/C23H20ClN3O3S/c1-15-14-31-23-26-22(28)18(21(25)27(15)23)12-16-8-9-20(19(24)13-16)30-11-5-10-29-17-6-3-2-4-7-17/h2-4,6-9,12-14,25H,5,10-11H2,1H3/b18-12-,25-21?. The number of para-hydroxylation sites is 1. The summed E-state index contributed by atoms with van der Waals surface area (Å²) in [4.78, 5) is 18.1. The molecule has 1 N–H and O–H groups in total. The predicted octanol–water partition coefficient (Wildman–Crippen LogP) is 5.35. The molecule has 0 spiro atoms. The first-order valence-electron chi connectivity index (χ1n) is 9.70. The highest BCUT2D eigenvalue weighted by Gasteiger charge is 2.33. The van der Waals surface area contributed by atoms with E-state index in [9.17, 15) is 4.79 Å². The van der Waals surface area contributed by atoms with Crippen LogP contribution >= 0.6 is 23.4 Å². The Bertz CT molecular complexity index is 1110. The number of carbonyl (C=O) groups is 1. The van der Waals surface area contributed by atoms with Gasteiger partial charge in [0.15, 0.2) is 5.17 Å². The Balaban J connectivity index is 1.37. The Morgan fingerprint density at radius 1 is 1.16 bits per heavy atom. The van der Waals surface area contributed by atoms with Crippen LogP contribution in [0.5, 0.6) is 11.5 Å². The van der Waals surface area contributed by atoms with Crippen LogP contribution in [0.15, 0.2) is 70.2 Å². The largest absolute Gasteiger partial charge is 0.493 e. The van der Waals surface area contributed by atoms with Gasteiger partial charge < -0.3 is 9.47 Å². The molecule has 6 nitrogen and oxygen atoms in total. The maximum Gasteiger partial charge on any atom is 0.283 e. The SMILES string of the molecule is CC1=CSC2=NC(=O)/C(=C\c3ccc(OCCCOc4ccccc4)c(Cl)c3)C(=N)N12. The molecule has 0 atom stereocenters. The van der Waals surface area contributed by atoms with Crippen molar-refractivity contribution in [3.63, 3.8) is 0 Å². The summed E-state index contributed by atoms with van der Waals surface area (Å²) in [5, 5.41) is 11.2. The third kappa shape index (κ3) is 4.84. The second kappa shape index (κ2) is 9.41. The van der Waals surface area contributed by atoms with Crippen LogP contribution in [0, 0.1) is 5.41 Å². The van der Waals surface area contributed by atoms with Crippen LogP contribution in [0.4, 0.5) is 0 Å². The number of amides is 1. The molecule has 0 aliphatic carbocycles. The summed E-state index contributed by atoms with van der Waals surface area (Å²) in [6.07, 6.45) is 2.34. The molecule has 0 bridgehead atoms. The van der Waals surface area contributed by atoms with Crippen molar-refractivity contribution in [3.05, 3.63) is 75.8 Å². The van der Waals surface area contributed by atoms with E-state index in [4.69, 9.17) is 26.5 Å². The fourth-order valence-corrected chi connectivity index (χ4v) is 4.18. The van der Waals surface area contributed by atoms with Crippen LogP contribution in [0.2, 0.25) is 5.02 Å². The Hall–Kier alpha value is -3.03. The summed E-state index contributed by atoms with van der Waals surface area (Å²) in [5.41, 5.74) is 1.79. The van der Waals surface area contributed by atoms with Gasteiger partial charge in [-0.25, -0.2) is 0 Å². The molecule has 158 valence electrons. The van der Waals surface area contributed by atoms with Crippen molar-refractivity contribution in [3.8, 4) is 11.5 Å². The number of thioether (sulfide) groups is 1. The summed E-state index contributed by atoms with van der Waals surface area (Å²) in [6.45, 7) is 2.89. The van der Waals surface area contributed by atoms with Crippen molar-refractivity contribution >= 4 is 46.3 Å². The van der Waals surface area contributed by atoms with Gasteiger partial charge in [-0.15, -0.1) is 0 Å². The van der Waals surface area contributed by atoms with E-state index >= 15 is 0 Å². The molecule has 0 aromatic heterocycles. The Kier molecular flexibility index (Phi) is 6.44. The number of allylic oxidation sites excluding steroid dienone is 1. The smallest absolute Gasteiger partial charge is 0.283 e. The molecule has 8 heteroatoms. The topological polar surface area (TPSA) is 75.0 Å². The van der Waals surface area contributed by atoms with Gasteiger partial charge in [0.1, 0.15) is 17.3 Å². The number of hydrogen-bond acceptors (Lipinski definition) is 5. The zero-order valence-corrected chi connectivity index (χ0v) is 18.4. The summed E-state index contributed by atoms with van der Waals surface area (Å²) in [7, 11) is 0. The minimum absolute atomic E-state index is 0.114. The lowest BCUT2D eigenvalue weighted by molar-refractivity contribution is -0.114. The lowest BCUT2D eigenvalue weighted by Crippen LogP contribution is -2.37. The predicted molar refractivity (Wildman–Crippen MR) is 125 cm³/mol. The van der Waals surface area contributed by atoms with Gasteiger partial charge in [-0.3, -0.25) is 15.1 Å². The van der Waals surface area contributed by atoms with Crippen LogP contribution in [0.1, 0.15) is 18.9 Å². The molecule has 2 aromatic carbocycles. The number of nitrogens with zero attached hydrogens (tertiary/aromatic N) is 2. The first kappa shape index (κ1) is 21.2. The second-order valence-electron chi connectivity index (χ2n) is 6.87. The minimum Gasteiger partial charge on any atom is -0.493 e. The van der Waals surface area contributed by atoms with Gasteiger partial charge in [-0.2, -0.15) is 4.99 Å². The number of hydrogen-bond donors (Lipinski definition) is 1. The molecule has 0 saturated carbocycles. The summed E-state index contributed by atoms with van der Waals surface area (Å²) < 4.78 is 11.4. The van der Waals surface area contributed by atoms with E-state index in [0.29, 0.717) is 41.1 Å². The van der Waals surface area contributed by atoms with Crippen molar-refractivity contribution in [2.45, 2.75) is 13.3 Å². The van der Waals surface area contributed by atoms with Gasteiger partial charge in [0.25, 0.3) is 5.91 Å². The summed E-state index contributed by atoms with van der Waals surface area (Å²) in [5.74, 6) is 1.07. The molecular formula is C23H20ClN3O3S. The van der Waals surface area contributed by atoms with Crippen molar-refractivity contribution in [1.82, 2.24) is 4.90 Å². The van der Waals surface area contributed by atoms with Gasteiger partial charge in [-0.1, -0.05) is 47.6 Å². The van der Waals surface area contributed by atoms with E-state index in [-0.39, 0.29) is 11.4 Å². The molecule has 2 heterocycles. The molecule has 0 fully saturated rings. The number of amidine groups is 2. The quantitative estimate of drug-likeness (QED) is 0.451. The lowest BCUT2D eigenvalue weighted by Gasteiger charge is -2.25. The highest BCUT2D eigenvalue weighted by atomic mass is 35.5. The maximum absolute atomic E-state index is 12.4. The monoisotopic (exact) mass is 453 g/mol. The highest BCUT2D eigenvalue weighted by molar-refractivity contribution is 8.16. The number of rotatable bonds is 7. The lowest BCUT2D eigenvalue weighted by atomic mass is 10.1. The van der Waals surface area contributed by atoms with Crippen LogP contribution < -0.4 is 9.47 Å². The molecule has 0 saturated heterocycles. The molecule has 2 aliphatic heterocycles. The van der Waals surface area contributed by atoms with Crippen LogP contribution in [-0.4, -0.2) is 35.0 Å². The second-order valence-corrected chi connectivity index (χ2v) is 8.12. The van der Waals surface area contributed by atoms with Gasteiger partial charge >= 0.3 is 0 Å². The number of fused-ring (bicyclic) bond motifs is 1. The van der Waals surface area contributed by atoms with Crippen molar-refractivity contribution in [2.24, 2.45) is 4.99 Å². The van der Waals surface area contributed by atoms with Crippen LogP contribution in [-0.2, 0) is 4.79 Å².